The van der Waals surface area contributed by atoms with Gasteiger partial charge in [-0.3, -0.25) is 0 Å². The Morgan fingerprint density at radius 1 is 1.32 bits per heavy atom. The number of amidine groups is 1. The van der Waals surface area contributed by atoms with Gasteiger partial charge in [-0.1, -0.05) is 37.3 Å². The lowest BCUT2D eigenvalue weighted by Gasteiger charge is -2.21. The Bertz CT molecular complexity index is 493. The van der Waals surface area contributed by atoms with E-state index in [0.717, 1.165) is 13.0 Å². The lowest BCUT2D eigenvalue weighted by Crippen LogP contribution is -2.28. The summed E-state index contributed by atoms with van der Waals surface area (Å²) in [5.74, 6) is 0.972. The van der Waals surface area contributed by atoms with Gasteiger partial charge in [-0.15, -0.1) is 0 Å². The fourth-order valence-corrected chi connectivity index (χ4v) is 1.85. The Hall–Kier alpha value is -2.33. The van der Waals surface area contributed by atoms with Crippen LogP contribution in [0.4, 0.5) is 0 Å². The first-order valence-corrected chi connectivity index (χ1v) is 6.27. The molecule has 1 aromatic rings. The molecule has 1 atom stereocenters. The molecule has 1 aromatic carbocycles. The first-order chi connectivity index (χ1) is 9.19. The van der Waals surface area contributed by atoms with Gasteiger partial charge in [0.2, 0.25) is 6.19 Å². The lowest BCUT2D eigenvalue weighted by molar-refractivity contribution is 0.459. The van der Waals surface area contributed by atoms with E-state index in [9.17, 15) is 0 Å². The molecule has 0 radical (unpaired) electrons. The van der Waals surface area contributed by atoms with Gasteiger partial charge in [0.25, 0.3) is 0 Å². The second-order valence-corrected chi connectivity index (χ2v) is 4.48. The summed E-state index contributed by atoms with van der Waals surface area (Å²) in [6.45, 7) is 2.95. The van der Waals surface area contributed by atoms with Crippen molar-refractivity contribution in [3.05, 3.63) is 35.9 Å². The van der Waals surface area contributed by atoms with Crippen molar-refractivity contribution in [2.45, 2.75) is 25.7 Å². The van der Waals surface area contributed by atoms with Crippen molar-refractivity contribution in [2.75, 3.05) is 13.6 Å². The molecule has 0 aliphatic carbocycles. The molecule has 98 valence electrons. The lowest BCUT2D eigenvalue weighted by atomic mass is 9.98. The van der Waals surface area contributed by atoms with Crippen LogP contribution in [0.15, 0.2) is 35.3 Å². The summed E-state index contributed by atoms with van der Waals surface area (Å²) in [5, 5.41) is 17.3. The van der Waals surface area contributed by atoms with Crippen molar-refractivity contribution in [3.8, 4) is 12.3 Å². The maximum atomic E-state index is 8.70. The zero-order valence-corrected chi connectivity index (χ0v) is 11.4. The summed E-state index contributed by atoms with van der Waals surface area (Å²) in [7, 11) is 1.87. The highest BCUT2D eigenvalue weighted by atomic mass is 15.2. The van der Waals surface area contributed by atoms with E-state index in [4.69, 9.17) is 10.5 Å². The Balaban J connectivity index is 2.55. The van der Waals surface area contributed by atoms with Gasteiger partial charge in [-0.25, -0.2) is 0 Å². The largest absolute Gasteiger partial charge is 0.362 e. The van der Waals surface area contributed by atoms with E-state index in [1.807, 2.05) is 36.2 Å². The summed E-state index contributed by atoms with van der Waals surface area (Å²) < 4.78 is 0. The maximum absolute atomic E-state index is 8.70. The average Bonchev–Trinajstić information content (AvgIpc) is 2.45. The second kappa shape index (κ2) is 7.89. The highest BCUT2D eigenvalue weighted by Gasteiger charge is 2.10. The number of nitriles is 2. The van der Waals surface area contributed by atoms with Gasteiger partial charge in [0.15, 0.2) is 0 Å². The fourth-order valence-electron chi connectivity index (χ4n) is 1.85. The van der Waals surface area contributed by atoms with E-state index < -0.39 is 0 Å². The summed E-state index contributed by atoms with van der Waals surface area (Å²) in [6.07, 6.45) is 2.87. The minimum atomic E-state index is 0.170. The van der Waals surface area contributed by atoms with Gasteiger partial charge in [-0.2, -0.15) is 15.5 Å². The minimum absolute atomic E-state index is 0.170. The van der Waals surface area contributed by atoms with Crippen molar-refractivity contribution in [1.82, 2.24) is 4.90 Å². The molecular formula is C15H18N4. The van der Waals surface area contributed by atoms with Crippen molar-refractivity contribution < 1.29 is 0 Å². The molecule has 0 amide bonds. The van der Waals surface area contributed by atoms with Crippen LogP contribution >= 0.6 is 0 Å². The van der Waals surface area contributed by atoms with Gasteiger partial charge in [0, 0.05) is 13.6 Å². The van der Waals surface area contributed by atoms with Crippen LogP contribution in [0.2, 0.25) is 0 Å². The standard InChI is InChI=1S/C15H18N4/c1-13(14-6-4-3-5-7-14)9-11-19(2)15(8-10-16)18-12-17/h3-7,13H,8-9,11H2,1-2H3. The van der Waals surface area contributed by atoms with Crippen LogP contribution in [-0.2, 0) is 0 Å². The highest BCUT2D eigenvalue weighted by Crippen LogP contribution is 2.18. The van der Waals surface area contributed by atoms with Crippen LogP contribution in [-0.4, -0.2) is 24.3 Å². The molecule has 4 nitrogen and oxygen atoms in total. The van der Waals surface area contributed by atoms with Crippen LogP contribution < -0.4 is 0 Å². The SMILES string of the molecule is CC(CCN(C)C(CC#N)=NC#N)c1ccccc1. The van der Waals surface area contributed by atoms with Crippen LogP contribution in [0, 0.1) is 22.8 Å². The second-order valence-electron chi connectivity index (χ2n) is 4.48. The molecule has 0 fully saturated rings. The highest BCUT2D eigenvalue weighted by molar-refractivity contribution is 5.84. The molecule has 0 saturated carbocycles. The number of rotatable bonds is 5. The maximum Gasteiger partial charge on any atom is 0.207 e. The predicted octanol–water partition coefficient (Wildman–Crippen LogP) is 2.91. The van der Waals surface area contributed by atoms with Crippen molar-refractivity contribution in [2.24, 2.45) is 4.99 Å². The van der Waals surface area contributed by atoms with Gasteiger partial charge < -0.3 is 4.90 Å². The van der Waals surface area contributed by atoms with E-state index in [0.29, 0.717) is 11.8 Å². The molecule has 19 heavy (non-hydrogen) atoms. The van der Waals surface area contributed by atoms with Crippen LogP contribution in [0.1, 0.15) is 31.2 Å². The Morgan fingerprint density at radius 3 is 2.58 bits per heavy atom. The third-order valence-electron chi connectivity index (χ3n) is 3.12. The number of nitrogens with zero attached hydrogens (tertiary/aromatic N) is 4. The summed E-state index contributed by atoms with van der Waals surface area (Å²) in [4.78, 5) is 5.57. The fraction of sp³-hybridized carbons (Fsp3) is 0.400. The minimum Gasteiger partial charge on any atom is -0.362 e. The van der Waals surface area contributed by atoms with Crippen molar-refractivity contribution in [3.63, 3.8) is 0 Å². The molecule has 1 unspecified atom stereocenters. The Labute approximate surface area is 114 Å². The van der Waals surface area contributed by atoms with Gasteiger partial charge in [-0.05, 0) is 17.9 Å². The number of benzene rings is 1. The molecule has 0 bridgehead atoms. The summed E-state index contributed by atoms with van der Waals surface area (Å²) in [5.41, 5.74) is 1.30. The van der Waals surface area contributed by atoms with Crippen LogP contribution in [0.25, 0.3) is 0 Å². The topological polar surface area (TPSA) is 63.2 Å². The quantitative estimate of drug-likeness (QED) is 0.461. The van der Waals surface area contributed by atoms with Crippen molar-refractivity contribution in [1.29, 1.82) is 10.5 Å². The number of aliphatic imine (C=N–C) groups is 1. The molecule has 0 heterocycles. The zero-order chi connectivity index (χ0) is 14.1. The van der Waals surface area contributed by atoms with Crippen LogP contribution in [0.5, 0.6) is 0 Å². The molecule has 1 rings (SSSR count). The first-order valence-electron chi connectivity index (χ1n) is 6.27. The molecule has 0 spiro atoms. The Morgan fingerprint density at radius 2 is 2.00 bits per heavy atom. The van der Waals surface area contributed by atoms with Gasteiger partial charge in [0.05, 0.1) is 12.5 Å². The molecule has 0 N–H and O–H groups in total. The first kappa shape index (κ1) is 14.7. The third kappa shape index (κ3) is 4.81. The smallest absolute Gasteiger partial charge is 0.207 e. The normalized spacial score (nSPS) is 12.3. The van der Waals surface area contributed by atoms with Gasteiger partial charge >= 0.3 is 0 Å². The van der Waals surface area contributed by atoms with E-state index in [-0.39, 0.29) is 6.42 Å². The zero-order valence-electron chi connectivity index (χ0n) is 11.4. The number of hydrogen-bond acceptors (Lipinski definition) is 3. The molecule has 0 aliphatic heterocycles. The monoisotopic (exact) mass is 254 g/mol. The predicted molar refractivity (Wildman–Crippen MR) is 75.4 cm³/mol. The third-order valence-corrected chi connectivity index (χ3v) is 3.12. The number of hydrogen-bond donors (Lipinski definition) is 0. The molecule has 0 aromatic heterocycles. The molecule has 4 heteroatoms. The molecule has 0 saturated heterocycles. The molecular weight excluding hydrogens is 236 g/mol. The van der Waals surface area contributed by atoms with E-state index in [2.05, 4.69) is 24.0 Å². The van der Waals surface area contributed by atoms with Crippen molar-refractivity contribution >= 4 is 5.84 Å². The molecule has 0 aliphatic rings. The van der Waals surface area contributed by atoms with E-state index >= 15 is 0 Å². The Kier molecular flexibility index (Phi) is 6.12. The summed E-state index contributed by atoms with van der Waals surface area (Å²) >= 11 is 0. The van der Waals surface area contributed by atoms with E-state index in [1.54, 1.807) is 6.19 Å². The van der Waals surface area contributed by atoms with Crippen LogP contribution in [0.3, 0.4) is 0 Å². The van der Waals surface area contributed by atoms with Gasteiger partial charge in [0.1, 0.15) is 5.84 Å². The summed E-state index contributed by atoms with van der Waals surface area (Å²) in [6, 6.07) is 12.3. The van der Waals surface area contributed by atoms with E-state index in [1.165, 1.54) is 5.56 Å². The average molecular weight is 254 g/mol.